The first-order valence-electron chi connectivity index (χ1n) is 6.06. The van der Waals surface area contributed by atoms with Crippen LogP contribution in [-0.2, 0) is 0 Å². The van der Waals surface area contributed by atoms with Crippen LogP contribution in [0.4, 0.5) is 16.2 Å². The zero-order valence-corrected chi connectivity index (χ0v) is 13.5. The predicted molar refractivity (Wildman–Crippen MR) is 87.7 cm³/mol. The van der Waals surface area contributed by atoms with E-state index in [0.717, 1.165) is 21.3 Å². The molecule has 104 valence electrons. The van der Waals surface area contributed by atoms with Gasteiger partial charge in [0.25, 0.3) is 0 Å². The van der Waals surface area contributed by atoms with Gasteiger partial charge in [0.05, 0.1) is 0 Å². The molecule has 0 aliphatic carbocycles. The molecule has 0 aromatic heterocycles. The topological polar surface area (TPSA) is 41.1 Å². The summed E-state index contributed by atoms with van der Waals surface area (Å²) < 4.78 is 1.01. The van der Waals surface area contributed by atoms with Crippen LogP contribution in [0, 0.1) is 13.8 Å². The number of urea groups is 1. The van der Waals surface area contributed by atoms with Crippen LogP contribution in [0.15, 0.2) is 40.9 Å². The van der Waals surface area contributed by atoms with Crippen molar-refractivity contribution in [3.63, 3.8) is 0 Å². The molecule has 5 heteroatoms. The van der Waals surface area contributed by atoms with Crippen molar-refractivity contribution >= 4 is 44.9 Å². The van der Waals surface area contributed by atoms with Crippen LogP contribution < -0.4 is 10.6 Å². The van der Waals surface area contributed by atoms with Crippen molar-refractivity contribution in [2.45, 2.75) is 13.8 Å². The van der Waals surface area contributed by atoms with Crippen molar-refractivity contribution in [1.29, 1.82) is 0 Å². The summed E-state index contributed by atoms with van der Waals surface area (Å²) in [5.74, 6) is 0. The van der Waals surface area contributed by atoms with E-state index >= 15 is 0 Å². The van der Waals surface area contributed by atoms with Gasteiger partial charge in [-0.15, -0.1) is 0 Å². The van der Waals surface area contributed by atoms with Crippen molar-refractivity contribution < 1.29 is 4.79 Å². The van der Waals surface area contributed by atoms with E-state index in [-0.39, 0.29) is 6.03 Å². The number of amides is 2. The van der Waals surface area contributed by atoms with Crippen LogP contribution in [0.2, 0.25) is 5.02 Å². The SMILES string of the molecule is Cc1cc(NC(=O)Nc2cc(Cl)ccc2C)ccc1Br. The number of carbonyl (C=O) groups excluding carboxylic acids is 1. The number of hydrogen-bond donors (Lipinski definition) is 2. The Labute approximate surface area is 131 Å². The Morgan fingerprint density at radius 1 is 1.05 bits per heavy atom. The average Bonchev–Trinajstić information content (AvgIpc) is 2.38. The minimum absolute atomic E-state index is 0.294. The molecule has 2 N–H and O–H groups in total. The number of hydrogen-bond acceptors (Lipinski definition) is 1. The Morgan fingerprint density at radius 2 is 1.80 bits per heavy atom. The molecule has 0 bridgehead atoms. The fourth-order valence-electron chi connectivity index (χ4n) is 1.74. The standard InChI is InChI=1S/C15H14BrClN2O/c1-9-3-4-11(17)8-14(9)19-15(20)18-12-5-6-13(16)10(2)7-12/h3-8H,1-2H3,(H2,18,19,20). The Hall–Kier alpha value is -1.52. The third-order valence-corrected chi connectivity index (χ3v) is 3.99. The van der Waals surface area contributed by atoms with E-state index in [0.29, 0.717) is 10.7 Å². The van der Waals surface area contributed by atoms with Crippen molar-refractivity contribution in [2.24, 2.45) is 0 Å². The predicted octanol–water partition coefficient (Wildman–Crippen LogP) is 5.36. The number of nitrogens with one attached hydrogen (secondary N) is 2. The fourth-order valence-corrected chi connectivity index (χ4v) is 2.15. The smallest absolute Gasteiger partial charge is 0.308 e. The molecule has 0 spiro atoms. The fraction of sp³-hybridized carbons (Fsp3) is 0.133. The third kappa shape index (κ3) is 3.74. The zero-order valence-electron chi connectivity index (χ0n) is 11.1. The van der Waals surface area contributed by atoms with E-state index in [1.807, 2.05) is 38.1 Å². The van der Waals surface area contributed by atoms with Crippen LogP contribution in [0.25, 0.3) is 0 Å². The first-order chi connectivity index (χ1) is 9.45. The van der Waals surface area contributed by atoms with E-state index in [2.05, 4.69) is 26.6 Å². The molecule has 0 fully saturated rings. The van der Waals surface area contributed by atoms with Gasteiger partial charge >= 0.3 is 6.03 Å². The van der Waals surface area contributed by atoms with Crippen LogP contribution in [0.5, 0.6) is 0 Å². The Morgan fingerprint density at radius 3 is 2.50 bits per heavy atom. The van der Waals surface area contributed by atoms with Crippen LogP contribution in [0.3, 0.4) is 0 Å². The molecule has 0 radical (unpaired) electrons. The monoisotopic (exact) mass is 352 g/mol. The van der Waals surface area contributed by atoms with Gasteiger partial charge in [0.15, 0.2) is 0 Å². The highest BCUT2D eigenvalue weighted by atomic mass is 79.9. The molecule has 0 saturated heterocycles. The second-order valence-electron chi connectivity index (χ2n) is 4.50. The molecule has 3 nitrogen and oxygen atoms in total. The molecule has 0 atom stereocenters. The molecule has 0 heterocycles. The molecule has 2 amide bonds. The maximum Gasteiger partial charge on any atom is 0.323 e. The van der Waals surface area contributed by atoms with Gasteiger partial charge in [-0.1, -0.05) is 33.6 Å². The molecular weight excluding hydrogens is 340 g/mol. The number of rotatable bonds is 2. The van der Waals surface area contributed by atoms with Gasteiger partial charge in [-0.25, -0.2) is 4.79 Å². The second-order valence-corrected chi connectivity index (χ2v) is 5.79. The Balaban J connectivity index is 2.09. The second kappa shape index (κ2) is 6.29. The van der Waals surface area contributed by atoms with Crippen molar-refractivity contribution in [3.8, 4) is 0 Å². The summed E-state index contributed by atoms with van der Waals surface area (Å²) >= 11 is 9.35. The normalized spacial score (nSPS) is 10.2. The highest BCUT2D eigenvalue weighted by Crippen LogP contribution is 2.22. The van der Waals surface area contributed by atoms with Gasteiger partial charge in [-0.3, -0.25) is 0 Å². The molecular formula is C15H14BrClN2O. The molecule has 0 aliphatic heterocycles. The summed E-state index contributed by atoms with van der Waals surface area (Å²) in [6, 6.07) is 10.7. The van der Waals surface area contributed by atoms with Crippen LogP contribution >= 0.6 is 27.5 Å². The van der Waals surface area contributed by atoms with E-state index in [1.165, 1.54) is 0 Å². The first-order valence-corrected chi connectivity index (χ1v) is 7.23. The summed E-state index contributed by atoms with van der Waals surface area (Å²) in [7, 11) is 0. The third-order valence-electron chi connectivity index (χ3n) is 2.86. The summed E-state index contributed by atoms with van der Waals surface area (Å²) in [6.07, 6.45) is 0. The highest BCUT2D eigenvalue weighted by molar-refractivity contribution is 9.10. The lowest BCUT2D eigenvalue weighted by molar-refractivity contribution is 0.262. The highest BCUT2D eigenvalue weighted by Gasteiger charge is 2.06. The number of halogens is 2. The van der Waals surface area contributed by atoms with Crippen LogP contribution in [0.1, 0.15) is 11.1 Å². The maximum atomic E-state index is 12.0. The molecule has 0 aliphatic rings. The quantitative estimate of drug-likeness (QED) is 0.749. The Kier molecular flexibility index (Phi) is 4.68. The van der Waals surface area contributed by atoms with Gasteiger partial charge in [-0.05, 0) is 55.3 Å². The zero-order chi connectivity index (χ0) is 14.7. The largest absolute Gasteiger partial charge is 0.323 e. The molecule has 0 saturated carbocycles. The molecule has 2 aromatic rings. The summed E-state index contributed by atoms with van der Waals surface area (Å²) in [5.41, 5.74) is 3.45. The number of aryl methyl sites for hydroxylation is 2. The summed E-state index contributed by atoms with van der Waals surface area (Å²) in [5, 5.41) is 6.17. The lowest BCUT2D eigenvalue weighted by atomic mass is 10.2. The van der Waals surface area contributed by atoms with Gasteiger partial charge < -0.3 is 10.6 Å². The first kappa shape index (κ1) is 14.9. The molecule has 2 rings (SSSR count). The van der Waals surface area contributed by atoms with E-state index in [1.54, 1.807) is 12.1 Å². The van der Waals surface area contributed by atoms with Gasteiger partial charge in [0, 0.05) is 20.9 Å². The number of anilines is 2. The Bertz CT molecular complexity index is 658. The van der Waals surface area contributed by atoms with Gasteiger partial charge in [-0.2, -0.15) is 0 Å². The van der Waals surface area contributed by atoms with Gasteiger partial charge in [0.2, 0.25) is 0 Å². The summed E-state index contributed by atoms with van der Waals surface area (Å²) in [6.45, 7) is 3.88. The lowest BCUT2D eigenvalue weighted by Gasteiger charge is -2.11. The van der Waals surface area contributed by atoms with Crippen molar-refractivity contribution in [1.82, 2.24) is 0 Å². The average molecular weight is 354 g/mol. The molecule has 0 unspecified atom stereocenters. The minimum Gasteiger partial charge on any atom is -0.308 e. The van der Waals surface area contributed by atoms with E-state index in [9.17, 15) is 4.79 Å². The minimum atomic E-state index is -0.294. The van der Waals surface area contributed by atoms with E-state index in [4.69, 9.17) is 11.6 Å². The number of carbonyl (C=O) groups is 1. The molecule has 20 heavy (non-hydrogen) atoms. The van der Waals surface area contributed by atoms with Crippen LogP contribution in [-0.4, -0.2) is 6.03 Å². The summed E-state index contributed by atoms with van der Waals surface area (Å²) in [4.78, 5) is 12.0. The van der Waals surface area contributed by atoms with Crippen molar-refractivity contribution in [2.75, 3.05) is 10.6 Å². The van der Waals surface area contributed by atoms with Crippen molar-refractivity contribution in [3.05, 3.63) is 57.0 Å². The lowest BCUT2D eigenvalue weighted by Crippen LogP contribution is -2.20. The number of benzene rings is 2. The molecule has 2 aromatic carbocycles. The van der Waals surface area contributed by atoms with Gasteiger partial charge in [0.1, 0.15) is 0 Å². The van der Waals surface area contributed by atoms with E-state index < -0.39 is 0 Å². The maximum absolute atomic E-state index is 12.0.